The van der Waals surface area contributed by atoms with E-state index in [4.69, 9.17) is 5.11 Å². The topological polar surface area (TPSA) is 113 Å². The van der Waals surface area contributed by atoms with Gasteiger partial charge in [-0.3, -0.25) is 24.6 Å². The number of hydrogen-bond acceptors (Lipinski definition) is 6. The molecule has 8 nitrogen and oxygen atoms in total. The number of nitrogens with one attached hydrogen (secondary N) is 1. The van der Waals surface area contributed by atoms with Gasteiger partial charge in [0.15, 0.2) is 0 Å². The van der Waals surface area contributed by atoms with Crippen LogP contribution in [0.1, 0.15) is 0 Å². The van der Waals surface area contributed by atoms with Gasteiger partial charge in [-0.15, -0.1) is 0 Å². The fourth-order valence-corrected chi connectivity index (χ4v) is 2.33. The summed E-state index contributed by atoms with van der Waals surface area (Å²) in [5.41, 5.74) is 0.259. The molecule has 0 bridgehead atoms. The molecule has 9 heteroatoms. The second-order valence-corrected chi connectivity index (χ2v) is 5.29. The van der Waals surface area contributed by atoms with Crippen LogP contribution in [0.2, 0.25) is 0 Å². The number of aliphatic hydroxyl groups is 1. The average Bonchev–Trinajstić information content (AvgIpc) is 2.69. The molecule has 0 saturated heterocycles. The number of rotatable bonds is 5. The van der Waals surface area contributed by atoms with Gasteiger partial charge in [0, 0.05) is 17.8 Å². The van der Waals surface area contributed by atoms with Gasteiger partial charge in [-0.05, 0) is 34.7 Å². The zero-order valence-corrected chi connectivity index (χ0v) is 12.7. The fourth-order valence-electron chi connectivity index (χ4n) is 1.80. The SMILES string of the molecule is O=C1C=C(Nc2ccc(I)c([N+](=O)[O-])c2)C(=O)N1CCO. The summed E-state index contributed by atoms with van der Waals surface area (Å²) in [5, 5.41) is 22.4. The van der Waals surface area contributed by atoms with Gasteiger partial charge in [0.25, 0.3) is 17.5 Å². The van der Waals surface area contributed by atoms with E-state index in [1.165, 1.54) is 12.1 Å². The molecular weight excluding hydrogens is 393 g/mol. The maximum atomic E-state index is 11.9. The molecule has 0 aliphatic carbocycles. The lowest BCUT2D eigenvalue weighted by molar-refractivity contribution is -0.385. The maximum absolute atomic E-state index is 11.9. The van der Waals surface area contributed by atoms with E-state index in [0.29, 0.717) is 9.26 Å². The van der Waals surface area contributed by atoms with Crippen molar-refractivity contribution in [1.29, 1.82) is 0 Å². The van der Waals surface area contributed by atoms with E-state index < -0.39 is 16.7 Å². The van der Waals surface area contributed by atoms with Crippen LogP contribution in [0, 0.1) is 13.7 Å². The number of halogens is 1. The summed E-state index contributed by atoms with van der Waals surface area (Å²) in [6.07, 6.45) is 1.10. The second kappa shape index (κ2) is 6.18. The molecule has 0 atom stereocenters. The normalized spacial score (nSPS) is 14.4. The van der Waals surface area contributed by atoms with Gasteiger partial charge in [-0.1, -0.05) is 0 Å². The Morgan fingerprint density at radius 1 is 1.38 bits per heavy atom. The van der Waals surface area contributed by atoms with E-state index in [0.717, 1.165) is 11.0 Å². The average molecular weight is 403 g/mol. The molecule has 1 heterocycles. The van der Waals surface area contributed by atoms with E-state index in [1.807, 2.05) is 22.6 Å². The van der Waals surface area contributed by atoms with Crippen LogP contribution in [-0.4, -0.2) is 39.9 Å². The molecule has 0 spiro atoms. The van der Waals surface area contributed by atoms with Gasteiger partial charge in [0.1, 0.15) is 5.70 Å². The molecule has 1 aliphatic heterocycles. The van der Waals surface area contributed by atoms with E-state index >= 15 is 0 Å². The van der Waals surface area contributed by atoms with Crippen molar-refractivity contribution in [1.82, 2.24) is 4.90 Å². The van der Waals surface area contributed by atoms with Crippen molar-refractivity contribution in [2.45, 2.75) is 0 Å². The van der Waals surface area contributed by atoms with Crippen molar-refractivity contribution in [3.05, 3.63) is 43.7 Å². The van der Waals surface area contributed by atoms with Gasteiger partial charge in [0.2, 0.25) is 0 Å². The van der Waals surface area contributed by atoms with E-state index in [-0.39, 0.29) is 24.5 Å². The van der Waals surface area contributed by atoms with Crippen molar-refractivity contribution < 1.29 is 19.6 Å². The Balaban J connectivity index is 2.22. The molecule has 1 aromatic rings. The summed E-state index contributed by atoms with van der Waals surface area (Å²) >= 11 is 1.84. The number of nitrogens with zero attached hydrogens (tertiary/aromatic N) is 2. The predicted octanol–water partition coefficient (Wildman–Crippen LogP) is 0.856. The number of amides is 2. The van der Waals surface area contributed by atoms with Crippen LogP contribution in [0.4, 0.5) is 11.4 Å². The third-order valence-corrected chi connectivity index (χ3v) is 3.67. The summed E-state index contributed by atoms with van der Waals surface area (Å²) in [6, 6.07) is 4.39. The first-order valence-corrected chi connectivity index (χ1v) is 6.91. The summed E-state index contributed by atoms with van der Waals surface area (Å²) in [5.74, 6) is -1.10. The molecule has 110 valence electrons. The van der Waals surface area contributed by atoms with Gasteiger partial charge in [-0.2, -0.15) is 0 Å². The molecule has 2 amide bonds. The quantitative estimate of drug-likeness (QED) is 0.326. The molecule has 2 rings (SSSR count). The highest BCUT2D eigenvalue weighted by Gasteiger charge is 2.30. The van der Waals surface area contributed by atoms with Crippen molar-refractivity contribution in [3.63, 3.8) is 0 Å². The Labute approximate surface area is 132 Å². The Morgan fingerprint density at radius 3 is 2.71 bits per heavy atom. The fraction of sp³-hybridized carbons (Fsp3) is 0.167. The molecule has 0 saturated carbocycles. The number of β-amino-alcohol motifs (C(OH)–C–C–N with tert-alkyl or cyclic N) is 1. The van der Waals surface area contributed by atoms with Crippen LogP contribution in [0.15, 0.2) is 30.0 Å². The largest absolute Gasteiger partial charge is 0.395 e. The van der Waals surface area contributed by atoms with Crippen molar-refractivity contribution >= 4 is 45.8 Å². The van der Waals surface area contributed by atoms with Crippen LogP contribution in [0.3, 0.4) is 0 Å². The molecule has 0 aromatic heterocycles. The molecule has 1 aromatic carbocycles. The number of carbonyl (C=O) groups is 2. The third kappa shape index (κ3) is 3.19. The lowest BCUT2D eigenvalue weighted by Crippen LogP contribution is -2.34. The first-order valence-electron chi connectivity index (χ1n) is 5.83. The van der Waals surface area contributed by atoms with Crippen molar-refractivity contribution in [2.75, 3.05) is 18.5 Å². The summed E-state index contributed by atoms with van der Waals surface area (Å²) < 4.78 is 0.466. The number of carbonyl (C=O) groups excluding carboxylic acids is 2. The number of hydrogen-bond donors (Lipinski definition) is 2. The van der Waals surface area contributed by atoms with E-state index in [1.54, 1.807) is 6.07 Å². The van der Waals surface area contributed by atoms with Gasteiger partial charge >= 0.3 is 0 Å². The van der Waals surface area contributed by atoms with Crippen LogP contribution in [-0.2, 0) is 9.59 Å². The standard InChI is InChI=1S/C12H10IN3O5/c13-8-2-1-7(5-10(8)16(20)21)14-9-6-11(18)15(3-4-17)12(9)19/h1-2,5-6,14,17H,3-4H2. The number of nitro benzene ring substituents is 1. The molecule has 1 aliphatic rings. The van der Waals surface area contributed by atoms with Crippen LogP contribution >= 0.6 is 22.6 Å². The van der Waals surface area contributed by atoms with Crippen molar-refractivity contribution in [3.8, 4) is 0 Å². The Kier molecular flexibility index (Phi) is 4.53. The number of anilines is 1. The Hall–Kier alpha value is -2.01. The highest BCUT2D eigenvalue weighted by Crippen LogP contribution is 2.26. The minimum Gasteiger partial charge on any atom is -0.395 e. The first kappa shape index (κ1) is 15.4. The first-order chi connectivity index (χ1) is 9.93. The number of nitro groups is 1. The van der Waals surface area contributed by atoms with Gasteiger partial charge in [0.05, 0.1) is 21.6 Å². The monoisotopic (exact) mass is 403 g/mol. The van der Waals surface area contributed by atoms with Crippen LogP contribution < -0.4 is 5.32 Å². The lowest BCUT2D eigenvalue weighted by atomic mass is 10.2. The van der Waals surface area contributed by atoms with E-state index in [9.17, 15) is 19.7 Å². The molecule has 0 fully saturated rings. The lowest BCUT2D eigenvalue weighted by Gasteiger charge is -2.13. The van der Waals surface area contributed by atoms with Crippen molar-refractivity contribution in [2.24, 2.45) is 0 Å². The molecule has 0 radical (unpaired) electrons. The number of benzene rings is 1. The Morgan fingerprint density at radius 2 is 2.10 bits per heavy atom. The van der Waals surface area contributed by atoms with Gasteiger partial charge < -0.3 is 10.4 Å². The molecule has 21 heavy (non-hydrogen) atoms. The Bertz CT molecular complexity index is 658. The summed E-state index contributed by atoms with van der Waals surface area (Å²) in [4.78, 5) is 34.7. The number of aliphatic hydroxyl groups excluding tert-OH is 1. The van der Waals surface area contributed by atoms with Crippen LogP contribution in [0.25, 0.3) is 0 Å². The van der Waals surface area contributed by atoms with E-state index in [2.05, 4.69) is 5.32 Å². The highest BCUT2D eigenvalue weighted by atomic mass is 127. The third-order valence-electron chi connectivity index (χ3n) is 2.75. The second-order valence-electron chi connectivity index (χ2n) is 4.12. The maximum Gasteiger partial charge on any atom is 0.284 e. The highest BCUT2D eigenvalue weighted by molar-refractivity contribution is 14.1. The predicted molar refractivity (Wildman–Crippen MR) is 81.3 cm³/mol. The minimum absolute atomic E-state index is 0.0176. The van der Waals surface area contributed by atoms with Gasteiger partial charge in [-0.25, -0.2) is 0 Å². The number of imide groups is 1. The van der Waals surface area contributed by atoms with Crippen LogP contribution in [0.5, 0.6) is 0 Å². The smallest absolute Gasteiger partial charge is 0.284 e. The summed E-state index contributed by atoms with van der Waals surface area (Å²) in [6.45, 7) is -0.417. The molecule has 2 N–H and O–H groups in total. The zero-order chi connectivity index (χ0) is 15.6. The summed E-state index contributed by atoms with van der Waals surface area (Å²) in [7, 11) is 0. The molecule has 0 unspecified atom stereocenters. The minimum atomic E-state index is -0.574. The molecular formula is C12H10IN3O5. The zero-order valence-electron chi connectivity index (χ0n) is 10.6.